The zero-order valence-corrected chi connectivity index (χ0v) is 14.6. The number of nitrogens with zero attached hydrogens (tertiary/aromatic N) is 2. The minimum Gasteiger partial charge on any atom is -0.401 e. The second-order valence-corrected chi connectivity index (χ2v) is 6.83. The summed E-state index contributed by atoms with van der Waals surface area (Å²) in [5.41, 5.74) is 0.866. The van der Waals surface area contributed by atoms with Crippen LogP contribution in [0.3, 0.4) is 0 Å². The van der Waals surface area contributed by atoms with E-state index in [1.165, 1.54) is 18.2 Å². The Morgan fingerprint density at radius 3 is 2.63 bits per heavy atom. The zero-order chi connectivity index (χ0) is 19.0. The minimum absolute atomic E-state index is 0.150. The first-order valence-corrected chi connectivity index (χ1v) is 8.81. The molecule has 8 heteroatoms. The molecule has 3 aromatic rings. The van der Waals surface area contributed by atoms with E-state index in [-0.39, 0.29) is 22.4 Å². The van der Waals surface area contributed by atoms with Crippen molar-refractivity contribution in [1.82, 2.24) is 4.90 Å². The van der Waals surface area contributed by atoms with Crippen molar-refractivity contribution < 1.29 is 18.9 Å². The molecule has 7 nitrogen and oxygen atoms in total. The van der Waals surface area contributed by atoms with Gasteiger partial charge in [-0.1, -0.05) is 42.5 Å². The predicted molar refractivity (Wildman–Crippen MR) is 101 cm³/mol. The highest BCUT2D eigenvalue weighted by Gasteiger charge is 2.35. The number of furan rings is 1. The first-order chi connectivity index (χ1) is 13.0. The Balaban J connectivity index is 1.61. The van der Waals surface area contributed by atoms with Gasteiger partial charge in [-0.2, -0.15) is 0 Å². The van der Waals surface area contributed by atoms with Gasteiger partial charge in [0.15, 0.2) is 0 Å². The average molecular weight is 380 g/mol. The molecule has 0 saturated carbocycles. The van der Waals surface area contributed by atoms with Crippen molar-refractivity contribution in [2.24, 2.45) is 0 Å². The molecule has 0 spiro atoms. The van der Waals surface area contributed by atoms with Gasteiger partial charge in [0.05, 0.1) is 17.5 Å². The van der Waals surface area contributed by atoms with Crippen molar-refractivity contribution in [1.29, 1.82) is 0 Å². The van der Waals surface area contributed by atoms with Crippen molar-refractivity contribution in [3.63, 3.8) is 0 Å². The number of nitro groups is 1. The molecule has 2 heterocycles. The van der Waals surface area contributed by atoms with Crippen LogP contribution in [0.5, 0.6) is 0 Å². The molecule has 1 aromatic heterocycles. The summed E-state index contributed by atoms with van der Waals surface area (Å²) < 4.78 is 5.03. The highest BCUT2D eigenvalue weighted by atomic mass is 32.2. The average Bonchev–Trinajstić information content (AvgIpc) is 3.23. The summed E-state index contributed by atoms with van der Waals surface area (Å²) >= 11 is 0.788. The van der Waals surface area contributed by atoms with Crippen LogP contribution in [0.4, 0.5) is 10.7 Å². The van der Waals surface area contributed by atoms with Gasteiger partial charge >= 0.3 is 5.88 Å². The molecule has 1 fully saturated rings. The Morgan fingerprint density at radius 2 is 1.85 bits per heavy atom. The number of hydrogen-bond donors (Lipinski definition) is 0. The first-order valence-electron chi connectivity index (χ1n) is 7.99. The van der Waals surface area contributed by atoms with Crippen LogP contribution < -0.4 is 0 Å². The van der Waals surface area contributed by atoms with E-state index in [9.17, 15) is 19.7 Å². The number of fused-ring (bicyclic) bond motifs is 1. The Labute approximate surface area is 157 Å². The Kier molecular flexibility index (Phi) is 4.25. The number of benzene rings is 2. The van der Waals surface area contributed by atoms with Crippen LogP contribution >= 0.6 is 11.8 Å². The van der Waals surface area contributed by atoms with E-state index >= 15 is 0 Å². The van der Waals surface area contributed by atoms with Crippen LogP contribution in [-0.2, 0) is 11.3 Å². The van der Waals surface area contributed by atoms with Crippen LogP contribution in [0.1, 0.15) is 11.3 Å². The standard InChI is InChI=1S/C19H12N2O5S/c22-18-16(10-14-8-9-17(26-14)21(24)25)27-19(23)20(18)11-13-6-3-5-12-4-1-2-7-15(12)13/h1-10H,11H2/b16-10-. The summed E-state index contributed by atoms with van der Waals surface area (Å²) in [6.07, 6.45) is 1.35. The van der Waals surface area contributed by atoms with Crippen LogP contribution in [0, 0.1) is 10.1 Å². The van der Waals surface area contributed by atoms with Crippen molar-refractivity contribution >= 4 is 45.6 Å². The van der Waals surface area contributed by atoms with Gasteiger partial charge in [0, 0.05) is 6.08 Å². The third-order valence-corrected chi connectivity index (χ3v) is 5.06. The van der Waals surface area contributed by atoms with Crippen LogP contribution in [-0.4, -0.2) is 21.0 Å². The van der Waals surface area contributed by atoms with Gasteiger partial charge in [-0.3, -0.25) is 24.6 Å². The van der Waals surface area contributed by atoms with E-state index in [4.69, 9.17) is 4.42 Å². The number of thioether (sulfide) groups is 1. The molecular weight excluding hydrogens is 368 g/mol. The molecule has 0 N–H and O–H groups in total. The number of carbonyl (C=O) groups is 2. The van der Waals surface area contributed by atoms with Gasteiger partial charge in [-0.15, -0.1) is 0 Å². The molecule has 0 atom stereocenters. The van der Waals surface area contributed by atoms with Crippen molar-refractivity contribution in [2.45, 2.75) is 6.54 Å². The van der Waals surface area contributed by atoms with Crippen LogP contribution in [0.15, 0.2) is 63.9 Å². The predicted octanol–water partition coefficient (Wildman–Crippen LogP) is 4.58. The molecule has 134 valence electrons. The minimum atomic E-state index is -0.663. The van der Waals surface area contributed by atoms with Gasteiger partial charge in [0.25, 0.3) is 11.1 Å². The zero-order valence-electron chi connectivity index (χ0n) is 13.8. The summed E-state index contributed by atoms with van der Waals surface area (Å²) in [5, 5.41) is 12.3. The molecule has 0 bridgehead atoms. The lowest BCUT2D eigenvalue weighted by molar-refractivity contribution is -0.402. The number of hydrogen-bond acceptors (Lipinski definition) is 6. The van der Waals surface area contributed by atoms with Gasteiger partial charge in [0.2, 0.25) is 0 Å². The summed E-state index contributed by atoms with van der Waals surface area (Å²) in [6.45, 7) is 0.154. The van der Waals surface area contributed by atoms with Gasteiger partial charge in [-0.25, -0.2) is 0 Å². The van der Waals surface area contributed by atoms with Gasteiger partial charge in [-0.05, 0) is 34.2 Å². The second kappa shape index (κ2) is 6.73. The van der Waals surface area contributed by atoms with Gasteiger partial charge in [0.1, 0.15) is 10.7 Å². The molecule has 1 aliphatic rings. The summed E-state index contributed by atoms with van der Waals surface area (Å²) in [5.74, 6) is -0.717. The third kappa shape index (κ3) is 3.22. The lowest BCUT2D eigenvalue weighted by Crippen LogP contribution is -2.27. The summed E-state index contributed by atoms with van der Waals surface area (Å²) in [4.78, 5) is 36.3. The Hall–Kier alpha value is -3.39. The Morgan fingerprint density at radius 1 is 1.07 bits per heavy atom. The monoisotopic (exact) mass is 380 g/mol. The maximum Gasteiger partial charge on any atom is 0.433 e. The topological polar surface area (TPSA) is 93.7 Å². The summed E-state index contributed by atoms with van der Waals surface area (Å²) in [6, 6.07) is 16.1. The largest absolute Gasteiger partial charge is 0.433 e. The molecule has 1 aliphatic heterocycles. The number of carbonyl (C=O) groups excluding carboxylic acids is 2. The van der Waals surface area contributed by atoms with Crippen LogP contribution in [0.25, 0.3) is 16.8 Å². The lowest BCUT2D eigenvalue weighted by atomic mass is 10.0. The fourth-order valence-corrected chi connectivity index (χ4v) is 3.70. The fourth-order valence-electron chi connectivity index (χ4n) is 2.88. The highest BCUT2D eigenvalue weighted by Crippen LogP contribution is 2.34. The molecule has 27 heavy (non-hydrogen) atoms. The van der Waals surface area contributed by atoms with Gasteiger partial charge < -0.3 is 4.42 Å². The molecule has 2 amide bonds. The van der Waals surface area contributed by atoms with E-state index in [2.05, 4.69) is 0 Å². The quantitative estimate of drug-likeness (QED) is 0.374. The van der Waals surface area contributed by atoms with E-state index < -0.39 is 16.7 Å². The number of imide groups is 1. The maximum absolute atomic E-state index is 12.6. The normalized spacial score (nSPS) is 15.9. The van der Waals surface area contributed by atoms with E-state index in [1.807, 2.05) is 42.5 Å². The molecular formula is C19H12N2O5S. The fraction of sp³-hybridized carbons (Fsp3) is 0.0526. The van der Waals surface area contributed by atoms with Crippen molar-refractivity contribution in [3.8, 4) is 0 Å². The van der Waals surface area contributed by atoms with Crippen molar-refractivity contribution in [3.05, 3.63) is 80.9 Å². The maximum atomic E-state index is 12.6. The SMILES string of the molecule is O=C1S/C(=C\c2ccc([N+](=O)[O-])o2)C(=O)N1Cc1cccc2ccccc12. The third-order valence-electron chi connectivity index (χ3n) is 4.15. The number of rotatable bonds is 4. The van der Waals surface area contributed by atoms with E-state index in [0.717, 1.165) is 33.0 Å². The van der Waals surface area contributed by atoms with E-state index in [0.29, 0.717) is 0 Å². The molecule has 0 aliphatic carbocycles. The second-order valence-electron chi connectivity index (χ2n) is 5.84. The first kappa shape index (κ1) is 17.0. The smallest absolute Gasteiger partial charge is 0.401 e. The lowest BCUT2D eigenvalue weighted by Gasteiger charge is -2.14. The summed E-state index contributed by atoms with van der Waals surface area (Å²) in [7, 11) is 0. The number of amides is 2. The molecule has 0 unspecified atom stereocenters. The highest BCUT2D eigenvalue weighted by molar-refractivity contribution is 8.18. The molecule has 4 rings (SSSR count). The van der Waals surface area contributed by atoms with E-state index in [1.54, 1.807) is 0 Å². The molecule has 0 radical (unpaired) electrons. The van der Waals surface area contributed by atoms with Crippen LogP contribution in [0.2, 0.25) is 0 Å². The molecule has 2 aromatic carbocycles. The Bertz CT molecular complexity index is 1110. The van der Waals surface area contributed by atoms with Crippen molar-refractivity contribution in [2.75, 3.05) is 0 Å². The molecule has 1 saturated heterocycles.